The number of hydrogen-bond acceptors (Lipinski definition) is 7. The zero-order valence-corrected chi connectivity index (χ0v) is 17.6. The van der Waals surface area contributed by atoms with Crippen molar-refractivity contribution in [2.45, 2.75) is 44.9 Å². The second-order valence-corrected chi connectivity index (χ2v) is 8.22. The smallest absolute Gasteiger partial charge is 0.229 e. The number of rotatable bonds is 5. The summed E-state index contributed by atoms with van der Waals surface area (Å²) in [4.78, 5) is 11.6. The Morgan fingerprint density at radius 3 is 3.00 bits per heavy atom. The molecule has 0 aliphatic carbocycles. The summed E-state index contributed by atoms with van der Waals surface area (Å²) in [6.45, 7) is 3.55. The van der Waals surface area contributed by atoms with E-state index in [1.165, 1.54) is 17.5 Å². The number of fused-ring (bicyclic) bond motifs is 2. The molecule has 1 N–H and O–H groups in total. The highest BCUT2D eigenvalue weighted by atomic mass is 16.5. The summed E-state index contributed by atoms with van der Waals surface area (Å²) in [5.41, 5.74) is 4.36. The zero-order chi connectivity index (χ0) is 20.5. The number of hydrogen-bond donors (Lipinski definition) is 1. The van der Waals surface area contributed by atoms with Crippen LogP contribution in [0.15, 0.2) is 24.5 Å². The number of ether oxygens (including phenoxy) is 2. The van der Waals surface area contributed by atoms with E-state index in [0.717, 1.165) is 61.4 Å². The first-order chi connectivity index (χ1) is 14.7. The molecule has 3 aromatic rings. The number of anilines is 2. The first-order valence-electron chi connectivity index (χ1n) is 10.6. The molecule has 0 amide bonds. The largest absolute Gasteiger partial charge is 0.495 e. The Balaban J connectivity index is 1.42. The Morgan fingerprint density at radius 1 is 1.23 bits per heavy atom. The van der Waals surface area contributed by atoms with E-state index in [1.54, 1.807) is 7.11 Å². The van der Waals surface area contributed by atoms with Gasteiger partial charge in [0, 0.05) is 25.9 Å². The number of likely N-dealkylation sites (N-methyl/N-ethyl adjacent to an activating group) is 1. The van der Waals surface area contributed by atoms with Crippen LogP contribution in [0.2, 0.25) is 0 Å². The Bertz CT molecular complexity index is 1040. The van der Waals surface area contributed by atoms with Crippen LogP contribution in [0.3, 0.4) is 0 Å². The second kappa shape index (κ2) is 8.20. The van der Waals surface area contributed by atoms with Crippen molar-refractivity contribution in [2.75, 3.05) is 32.6 Å². The molecule has 4 heterocycles. The van der Waals surface area contributed by atoms with Gasteiger partial charge in [0.2, 0.25) is 5.95 Å². The van der Waals surface area contributed by atoms with Crippen LogP contribution in [-0.2, 0) is 24.2 Å². The van der Waals surface area contributed by atoms with Crippen molar-refractivity contribution in [1.82, 2.24) is 24.6 Å². The van der Waals surface area contributed by atoms with E-state index in [4.69, 9.17) is 14.5 Å². The Kier molecular flexibility index (Phi) is 5.26. The summed E-state index contributed by atoms with van der Waals surface area (Å²) in [6, 6.07) is 4.29. The third-order valence-corrected chi connectivity index (χ3v) is 6.00. The van der Waals surface area contributed by atoms with Crippen molar-refractivity contribution in [3.63, 3.8) is 0 Å². The molecule has 2 aliphatic rings. The molecule has 1 atom stereocenters. The van der Waals surface area contributed by atoms with Gasteiger partial charge >= 0.3 is 0 Å². The monoisotopic (exact) mass is 408 g/mol. The van der Waals surface area contributed by atoms with E-state index >= 15 is 0 Å². The number of methoxy groups -OCH3 is 1. The van der Waals surface area contributed by atoms with E-state index in [1.807, 2.05) is 17.1 Å². The first kappa shape index (κ1) is 19.3. The summed E-state index contributed by atoms with van der Waals surface area (Å²) < 4.78 is 13.4. The van der Waals surface area contributed by atoms with Gasteiger partial charge in [-0.1, -0.05) is 0 Å². The number of aromatic nitrogens is 4. The van der Waals surface area contributed by atoms with Gasteiger partial charge < -0.3 is 19.7 Å². The molecule has 8 heteroatoms. The Labute approximate surface area is 176 Å². The predicted octanol–water partition coefficient (Wildman–Crippen LogP) is 3.14. The molecule has 0 saturated carbocycles. The molecule has 1 aromatic carbocycles. The maximum absolute atomic E-state index is 5.88. The van der Waals surface area contributed by atoms with Gasteiger partial charge in [0.1, 0.15) is 5.75 Å². The topological polar surface area (TPSA) is 77.3 Å². The summed E-state index contributed by atoms with van der Waals surface area (Å²) in [5, 5.41) is 8.80. The average molecular weight is 409 g/mol. The molecule has 5 rings (SSSR count). The van der Waals surface area contributed by atoms with Crippen LogP contribution in [0.25, 0.3) is 11.0 Å². The average Bonchev–Trinajstić information content (AvgIpc) is 3.16. The second-order valence-electron chi connectivity index (χ2n) is 8.22. The van der Waals surface area contributed by atoms with Gasteiger partial charge in [0.15, 0.2) is 5.65 Å². The number of benzene rings is 1. The van der Waals surface area contributed by atoms with Gasteiger partial charge in [0.05, 0.1) is 37.0 Å². The molecule has 0 unspecified atom stereocenters. The minimum Gasteiger partial charge on any atom is -0.495 e. The number of nitrogens with zero attached hydrogens (tertiary/aromatic N) is 5. The summed E-state index contributed by atoms with van der Waals surface area (Å²) >= 11 is 0. The van der Waals surface area contributed by atoms with Crippen LogP contribution < -0.4 is 10.1 Å². The molecular weight excluding hydrogens is 380 g/mol. The molecule has 0 radical (unpaired) electrons. The third-order valence-electron chi connectivity index (χ3n) is 6.00. The molecule has 158 valence electrons. The normalized spacial score (nSPS) is 19.6. The van der Waals surface area contributed by atoms with E-state index in [2.05, 4.69) is 39.5 Å². The summed E-state index contributed by atoms with van der Waals surface area (Å²) in [7, 11) is 3.85. The lowest BCUT2D eigenvalue weighted by molar-refractivity contribution is 0.00464. The lowest BCUT2D eigenvalue weighted by Gasteiger charge is -2.26. The molecule has 30 heavy (non-hydrogen) atoms. The zero-order valence-electron chi connectivity index (χ0n) is 17.6. The van der Waals surface area contributed by atoms with Crippen LogP contribution in [0.1, 0.15) is 30.4 Å². The van der Waals surface area contributed by atoms with Crippen LogP contribution in [0, 0.1) is 0 Å². The molecule has 2 aromatic heterocycles. The van der Waals surface area contributed by atoms with Gasteiger partial charge in [-0.2, -0.15) is 10.1 Å². The van der Waals surface area contributed by atoms with Crippen molar-refractivity contribution in [3.8, 4) is 5.75 Å². The fourth-order valence-corrected chi connectivity index (χ4v) is 4.32. The van der Waals surface area contributed by atoms with Crippen molar-refractivity contribution in [3.05, 3.63) is 35.7 Å². The quantitative estimate of drug-likeness (QED) is 0.695. The van der Waals surface area contributed by atoms with Gasteiger partial charge in [-0.15, -0.1) is 0 Å². The SMILES string of the molecule is COc1cc2c(cc1Nc1ncc3cnn(C[C@H]4CCCCO4)c3n1)CN(C)CC2. The van der Waals surface area contributed by atoms with Crippen molar-refractivity contribution < 1.29 is 9.47 Å². The summed E-state index contributed by atoms with van der Waals surface area (Å²) in [5.74, 6) is 1.35. The lowest BCUT2D eigenvalue weighted by Crippen LogP contribution is -2.26. The molecule has 1 saturated heterocycles. The third kappa shape index (κ3) is 3.85. The highest BCUT2D eigenvalue weighted by Crippen LogP contribution is 2.33. The maximum atomic E-state index is 5.88. The van der Waals surface area contributed by atoms with Crippen molar-refractivity contribution in [1.29, 1.82) is 0 Å². The minimum atomic E-state index is 0.200. The predicted molar refractivity (Wildman–Crippen MR) is 115 cm³/mol. The van der Waals surface area contributed by atoms with Gasteiger partial charge in [-0.05, 0) is 56.0 Å². The van der Waals surface area contributed by atoms with Crippen LogP contribution in [-0.4, -0.2) is 58.1 Å². The highest BCUT2D eigenvalue weighted by molar-refractivity contribution is 5.76. The molecular formula is C22H28N6O2. The molecule has 8 nitrogen and oxygen atoms in total. The van der Waals surface area contributed by atoms with E-state index in [-0.39, 0.29) is 6.10 Å². The molecule has 0 spiro atoms. The number of nitrogens with one attached hydrogen (secondary N) is 1. The standard InChI is InChI=1S/C22H28N6O2/c1-27-7-6-15-10-20(29-2)19(9-16(15)13-27)25-22-23-11-17-12-24-28(21(17)26-22)14-18-5-3-4-8-30-18/h9-12,18H,3-8,13-14H2,1-2H3,(H,23,25,26)/t18-/m1/s1. The molecule has 2 aliphatic heterocycles. The maximum Gasteiger partial charge on any atom is 0.229 e. The minimum absolute atomic E-state index is 0.200. The highest BCUT2D eigenvalue weighted by Gasteiger charge is 2.19. The molecule has 0 bridgehead atoms. The van der Waals surface area contributed by atoms with Crippen LogP contribution in [0.4, 0.5) is 11.6 Å². The lowest BCUT2D eigenvalue weighted by atomic mass is 9.99. The van der Waals surface area contributed by atoms with Crippen molar-refractivity contribution >= 4 is 22.7 Å². The first-order valence-corrected chi connectivity index (χ1v) is 10.6. The van der Waals surface area contributed by atoms with Crippen LogP contribution in [0.5, 0.6) is 5.75 Å². The fraction of sp³-hybridized carbons (Fsp3) is 0.500. The van der Waals surface area contributed by atoms with Gasteiger partial charge in [0.25, 0.3) is 0 Å². The van der Waals surface area contributed by atoms with E-state index < -0.39 is 0 Å². The summed E-state index contributed by atoms with van der Waals surface area (Å²) in [6.07, 6.45) is 8.28. The van der Waals surface area contributed by atoms with Crippen LogP contribution >= 0.6 is 0 Å². The Morgan fingerprint density at radius 2 is 2.17 bits per heavy atom. The van der Waals surface area contributed by atoms with Gasteiger partial charge in [-0.3, -0.25) is 0 Å². The van der Waals surface area contributed by atoms with E-state index in [9.17, 15) is 0 Å². The van der Waals surface area contributed by atoms with E-state index in [0.29, 0.717) is 12.5 Å². The van der Waals surface area contributed by atoms with Gasteiger partial charge in [-0.25, -0.2) is 9.67 Å². The van der Waals surface area contributed by atoms with Crippen molar-refractivity contribution in [2.24, 2.45) is 0 Å². The Hall–Kier alpha value is -2.71. The fourth-order valence-electron chi connectivity index (χ4n) is 4.32. The molecule has 1 fully saturated rings.